The summed E-state index contributed by atoms with van der Waals surface area (Å²) >= 11 is 0. The van der Waals surface area contributed by atoms with Gasteiger partial charge in [0.05, 0.1) is 6.20 Å². The Morgan fingerprint density at radius 2 is 2.25 bits per heavy atom. The minimum atomic E-state index is 0.828. The first-order valence-corrected chi connectivity index (χ1v) is 7.86. The van der Waals surface area contributed by atoms with E-state index in [4.69, 9.17) is 0 Å². The molecule has 1 saturated carbocycles. The fourth-order valence-electron chi connectivity index (χ4n) is 2.96. The average molecular weight is 276 g/mol. The van der Waals surface area contributed by atoms with Gasteiger partial charge < -0.3 is 10.2 Å². The van der Waals surface area contributed by atoms with Crippen LogP contribution >= 0.6 is 0 Å². The molecule has 1 aromatic rings. The van der Waals surface area contributed by atoms with Crippen LogP contribution in [-0.2, 0) is 6.54 Å². The van der Waals surface area contributed by atoms with Gasteiger partial charge in [0.15, 0.2) is 0 Å². The first-order chi connectivity index (χ1) is 9.79. The second kappa shape index (κ2) is 8.22. The summed E-state index contributed by atoms with van der Waals surface area (Å²) in [5.74, 6) is 0. The second-order valence-corrected chi connectivity index (χ2v) is 5.81. The maximum Gasteiger partial charge on any atom is 0.0538 e. The molecule has 112 valence electrons. The molecule has 0 aromatic carbocycles. The Kier molecular flexibility index (Phi) is 6.27. The smallest absolute Gasteiger partial charge is 0.0538 e. The zero-order chi connectivity index (χ0) is 14.2. The van der Waals surface area contributed by atoms with Crippen LogP contribution in [0.3, 0.4) is 0 Å². The largest absolute Gasteiger partial charge is 0.313 e. The Hall–Kier alpha value is -1.13. The molecule has 0 bridgehead atoms. The van der Waals surface area contributed by atoms with Crippen LogP contribution in [0.4, 0.5) is 0 Å². The van der Waals surface area contributed by atoms with E-state index in [0.29, 0.717) is 0 Å². The highest BCUT2D eigenvalue weighted by atomic mass is 15.2. The molecule has 2 rings (SSSR count). The number of rotatable bonds is 8. The van der Waals surface area contributed by atoms with E-state index in [1.54, 1.807) is 10.9 Å². The lowest BCUT2D eigenvalue weighted by Crippen LogP contribution is -2.35. The first-order valence-electron chi connectivity index (χ1n) is 7.86. The van der Waals surface area contributed by atoms with Crippen molar-refractivity contribution >= 4 is 6.20 Å². The van der Waals surface area contributed by atoms with E-state index < -0.39 is 0 Å². The molecule has 0 spiro atoms. The maximum atomic E-state index is 4.17. The van der Waals surface area contributed by atoms with Crippen molar-refractivity contribution in [3.8, 4) is 0 Å². The highest BCUT2D eigenvalue weighted by Crippen LogP contribution is 2.21. The van der Waals surface area contributed by atoms with Crippen LogP contribution in [0.25, 0.3) is 6.20 Å². The molecule has 1 N–H and O–H groups in total. The molecule has 20 heavy (non-hydrogen) atoms. The molecular formula is C16H28N4. The standard InChI is InChI=1S/C16H28N4/c1-3-20-14-15(13-18-20)12-17-10-7-11-19(2)16-8-5-4-6-9-16/h3,13-14,16-17H,1,4-12H2,2H3. The summed E-state index contributed by atoms with van der Waals surface area (Å²) < 4.78 is 1.74. The van der Waals surface area contributed by atoms with E-state index >= 15 is 0 Å². The van der Waals surface area contributed by atoms with Gasteiger partial charge in [-0.15, -0.1) is 0 Å². The fraction of sp³-hybridized carbons (Fsp3) is 0.688. The van der Waals surface area contributed by atoms with Gasteiger partial charge in [0.1, 0.15) is 0 Å². The number of aromatic nitrogens is 2. The second-order valence-electron chi connectivity index (χ2n) is 5.81. The minimum absolute atomic E-state index is 0.828. The third-order valence-corrected chi connectivity index (χ3v) is 4.23. The van der Waals surface area contributed by atoms with Crippen molar-refractivity contribution in [2.45, 2.75) is 51.1 Å². The molecule has 0 radical (unpaired) electrons. The molecule has 1 aliphatic rings. The zero-order valence-corrected chi connectivity index (χ0v) is 12.7. The summed E-state index contributed by atoms with van der Waals surface area (Å²) in [7, 11) is 2.28. The first kappa shape index (κ1) is 15.3. The van der Waals surface area contributed by atoms with Crippen molar-refractivity contribution in [3.05, 3.63) is 24.5 Å². The van der Waals surface area contributed by atoms with Crippen LogP contribution in [-0.4, -0.2) is 40.9 Å². The zero-order valence-electron chi connectivity index (χ0n) is 12.7. The number of hydrogen-bond acceptors (Lipinski definition) is 3. The van der Waals surface area contributed by atoms with Gasteiger partial charge in [-0.2, -0.15) is 5.10 Å². The van der Waals surface area contributed by atoms with E-state index in [1.165, 1.54) is 50.6 Å². The highest BCUT2D eigenvalue weighted by molar-refractivity contribution is 5.17. The Balaban J connectivity index is 1.55. The van der Waals surface area contributed by atoms with Crippen LogP contribution in [0.2, 0.25) is 0 Å². The van der Waals surface area contributed by atoms with Crippen LogP contribution in [0, 0.1) is 0 Å². The summed E-state index contributed by atoms with van der Waals surface area (Å²) in [5.41, 5.74) is 1.21. The minimum Gasteiger partial charge on any atom is -0.313 e. The predicted molar refractivity (Wildman–Crippen MR) is 84.4 cm³/mol. The van der Waals surface area contributed by atoms with E-state index in [1.807, 2.05) is 12.4 Å². The molecule has 1 aliphatic carbocycles. The van der Waals surface area contributed by atoms with Gasteiger partial charge in [-0.05, 0) is 39.4 Å². The summed E-state index contributed by atoms with van der Waals surface area (Å²) in [6.07, 6.45) is 13.9. The van der Waals surface area contributed by atoms with Gasteiger partial charge >= 0.3 is 0 Å². The molecule has 0 saturated heterocycles. The van der Waals surface area contributed by atoms with Crippen molar-refractivity contribution < 1.29 is 0 Å². The van der Waals surface area contributed by atoms with Crippen LogP contribution in [0.15, 0.2) is 19.0 Å². The van der Waals surface area contributed by atoms with E-state index in [9.17, 15) is 0 Å². The van der Waals surface area contributed by atoms with Gasteiger partial charge in [0, 0.05) is 30.5 Å². The Morgan fingerprint density at radius 1 is 1.45 bits per heavy atom. The number of nitrogens with one attached hydrogen (secondary N) is 1. The molecule has 1 aromatic heterocycles. The Bertz CT molecular complexity index is 393. The van der Waals surface area contributed by atoms with Crippen molar-refractivity contribution in [3.63, 3.8) is 0 Å². The molecular weight excluding hydrogens is 248 g/mol. The van der Waals surface area contributed by atoms with Gasteiger partial charge in [-0.3, -0.25) is 0 Å². The lowest BCUT2D eigenvalue weighted by molar-refractivity contribution is 0.189. The maximum absolute atomic E-state index is 4.17. The molecule has 4 nitrogen and oxygen atoms in total. The third kappa shape index (κ3) is 4.76. The quantitative estimate of drug-likeness (QED) is 0.741. The molecule has 4 heteroatoms. The number of nitrogens with zero attached hydrogens (tertiary/aromatic N) is 3. The van der Waals surface area contributed by atoms with E-state index in [0.717, 1.165) is 19.1 Å². The van der Waals surface area contributed by atoms with Crippen molar-refractivity contribution in [1.29, 1.82) is 0 Å². The lowest BCUT2D eigenvalue weighted by Gasteiger charge is -2.31. The van der Waals surface area contributed by atoms with Gasteiger partial charge in [-0.25, -0.2) is 4.68 Å². The van der Waals surface area contributed by atoms with Gasteiger partial charge in [0.25, 0.3) is 0 Å². The molecule has 1 fully saturated rings. The normalized spacial score (nSPS) is 16.7. The molecule has 0 unspecified atom stereocenters. The Labute approximate surface area is 122 Å². The van der Waals surface area contributed by atoms with Crippen LogP contribution in [0.5, 0.6) is 0 Å². The average Bonchev–Trinajstić information content (AvgIpc) is 2.95. The predicted octanol–water partition coefficient (Wildman–Crippen LogP) is 2.73. The van der Waals surface area contributed by atoms with Crippen LogP contribution in [0.1, 0.15) is 44.1 Å². The summed E-state index contributed by atoms with van der Waals surface area (Å²) in [6.45, 7) is 6.85. The molecule has 1 heterocycles. The number of hydrogen-bond donors (Lipinski definition) is 1. The summed E-state index contributed by atoms with van der Waals surface area (Å²) in [4.78, 5) is 2.55. The lowest BCUT2D eigenvalue weighted by atomic mass is 9.94. The van der Waals surface area contributed by atoms with Crippen molar-refractivity contribution in [2.24, 2.45) is 0 Å². The molecule has 0 aliphatic heterocycles. The van der Waals surface area contributed by atoms with Crippen molar-refractivity contribution in [2.75, 3.05) is 20.1 Å². The fourth-order valence-corrected chi connectivity index (χ4v) is 2.96. The molecule has 0 atom stereocenters. The van der Waals surface area contributed by atoms with Crippen molar-refractivity contribution in [1.82, 2.24) is 20.0 Å². The summed E-state index contributed by atoms with van der Waals surface area (Å²) in [5, 5.41) is 7.66. The topological polar surface area (TPSA) is 33.1 Å². The monoisotopic (exact) mass is 276 g/mol. The SMILES string of the molecule is C=Cn1cc(CNCCCN(C)C2CCCCC2)cn1. The summed E-state index contributed by atoms with van der Waals surface area (Å²) in [6, 6.07) is 0.828. The van der Waals surface area contributed by atoms with Crippen LogP contribution < -0.4 is 5.32 Å². The van der Waals surface area contributed by atoms with E-state index in [2.05, 4.69) is 28.9 Å². The van der Waals surface area contributed by atoms with E-state index in [-0.39, 0.29) is 0 Å². The highest BCUT2D eigenvalue weighted by Gasteiger charge is 2.16. The van der Waals surface area contributed by atoms with Gasteiger partial charge in [-0.1, -0.05) is 25.8 Å². The van der Waals surface area contributed by atoms with Gasteiger partial charge in [0.2, 0.25) is 0 Å². The molecule has 0 amide bonds. The Morgan fingerprint density at radius 3 is 2.95 bits per heavy atom. The third-order valence-electron chi connectivity index (χ3n) is 4.23.